The summed E-state index contributed by atoms with van der Waals surface area (Å²) in [4.78, 5) is 8.36. The number of nitrogens with zero attached hydrogens (tertiary/aromatic N) is 2. The van der Waals surface area contributed by atoms with E-state index in [9.17, 15) is 13.5 Å². The normalized spacial score (nSPS) is 11.2. The summed E-state index contributed by atoms with van der Waals surface area (Å²) in [5, 5.41) is 13.1. The van der Waals surface area contributed by atoms with Gasteiger partial charge in [-0.25, -0.2) is 18.4 Å². The smallest absolute Gasteiger partial charge is 0.229 e. The van der Waals surface area contributed by atoms with Gasteiger partial charge in [0.1, 0.15) is 17.9 Å². The summed E-state index contributed by atoms with van der Waals surface area (Å²) in [6, 6.07) is 13.9. The quantitative estimate of drug-likeness (QED) is 0.637. The molecule has 0 spiro atoms. The molecule has 0 aliphatic carbocycles. The predicted octanol–water partition coefficient (Wildman–Crippen LogP) is 3.27. The number of phenols is 1. The molecular weight excluding hydrogens is 352 g/mol. The number of aryl methyl sites for hydroxylation is 1. The molecule has 2 aromatic carbocycles. The summed E-state index contributed by atoms with van der Waals surface area (Å²) in [5.74, 6) is 0.652. The lowest BCUT2D eigenvalue weighted by atomic mass is 10.1. The lowest BCUT2D eigenvalue weighted by molar-refractivity contribution is 0.477. The number of nitrogens with one attached hydrogen (secondary N) is 2. The monoisotopic (exact) mass is 370 g/mol. The average Bonchev–Trinajstić information content (AvgIpc) is 2.57. The first-order valence-corrected chi connectivity index (χ1v) is 9.67. The fourth-order valence-electron chi connectivity index (χ4n) is 2.42. The fraction of sp³-hybridized carbons (Fsp3) is 0.111. The number of rotatable bonds is 5. The highest BCUT2D eigenvalue weighted by atomic mass is 32.2. The molecule has 7 nitrogen and oxygen atoms in total. The molecule has 0 unspecified atom stereocenters. The molecule has 1 heterocycles. The van der Waals surface area contributed by atoms with Crippen molar-refractivity contribution >= 4 is 27.2 Å². The molecule has 3 rings (SSSR count). The van der Waals surface area contributed by atoms with Crippen molar-refractivity contribution in [1.29, 1.82) is 0 Å². The van der Waals surface area contributed by atoms with Crippen LogP contribution in [0.5, 0.6) is 5.75 Å². The third-order valence-corrected chi connectivity index (χ3v) is 4.24. The molecule has 0 fully saturated rings. The minimum absolute atomic E-state index is 0.132. The van der Waals surface area contributed by atoms with Crippen LogP contribution in [-0.2, 0) is 10.0 Å². The maximum atomic E-state index is 11.5. The summed E-state index contributed by atoms with van der Waals surface area (Å²) in [5.41, 5.74) is 3.14. The van der Waals surface area contributed by atoms with Crippen molar-refractivity contribution in [2.24, 2.45) is 0 Å². The lowest BCUT2D eigenvalue weighted by Gasteiger charge is -2.12. The van der Waals surface area contributed by atoms with E-state index in [1.807, 2.05) is 19.1 Å². The van der Waals surface area contributed by atoms with E-state index in [0.717, 1.165) is 11.8 Å². The Hall–Kier alpha value is -3.13. The van der Waals surface area contributed by atoms with Gasteiger partial charge in [0, 0.05) is 17.3 Å². The minimum Gasteiger partial charge on any atom is -0.507 e. The van der Waals surface area contributed by atoms with Crippen LogP contribution in [0.3, 0.4) is 0 Å². The van der Waals surface area contributed by atoms with Crippen LogP contribution in [0.25, 0.3) is 11.3 Å². The first-order chi connectivity index (χ1) is 12.3. The van der Waals surface area contributed by atoms with Crippen LogP contribution in [-0.4, -0.2) is 29.7 Å². The molecule has 0 aliphatic heterocycles. The summed E-state index contributed by atoms with van der Waals surface area (Å²) < 4.78 is 25.4. The van der Waals surface area contributed by atoms with Crippen LogP contribution < -0.4 is 10.0 Å². The van der Waals surface area contributed by atoms with Crippen molar-refractivity contribution in [3.8, 4) is 17.0 Å². The molecule has 0 bridgehead atoms. The van der Waals surface area contributed by atoms with Crippen molar-refractivity contribution in [3.05, 3.63) is 60.4 Å². The second-order valence-corrected chi connectivity index (χ2v) is 7.58. The van der Waals surface area contributed by atoms with Crippen LogP contribution in [0.15, 0.2) is 54.9 Å². The highest BCUT2D eigenvalue weighted by Crippen LogP contribution is 2.29. The molecule has 8 heteroatoms. The fourth-order valence-corrected chi connectivity index (χ4v) is 3.04. The first-order valence-electron chi connectivity index (χ1n) is 7.78. The summed E-state index contributed by atoms with van der Waals surface area (Å²) in [7, 11) is -3.37. The number of aromatic nitrogens is 2. The zero-order chi connectivity index (χ0) is 18.7. The molecule has 26 heavy (non-hydrogen) atoms. The number of aromatic hydroxyl groups is 1. The molecule has 0 atom stereocenters. The molecule has 0 aliphatic rings. The number of benzene rings is 2. The van der Waals surface area contributed by atoms with Gasteiger partial charge in [-0.2, -0.15) is 0 Å². The third-order valence-electron chi connectivity index (χ3n) is 3.65. The van der Waals surface area contributed by atoms with Gasteiger partial charge >= 0.3 is 0 Å². The van der Waals surface area contributed by atoms with Crippen LogP contribution in [0.2, 0.25) is 0 Å². The summed E-state index contributed by atoms with van der Waals surface area (Å²) >= 11 is 0. The maximum absolute atomic E-state index is 11.5. The van der Waals surface area contributed by atoms with Crippen molar-refractivity contribution < 1.29 is 13.5 Å². The van der Waals surface area contributed by atoms with E-state index >= 15 is 0 Å². The molecule has 134 valence electrons. The highest BCUT2D eigenvalue weighted by Gasteiger charge is 2.09. The van der Waals surface area contributed by atoms with Crippen LogP contribution in [0.4, 0.5) is 17.2 Å². The highest BCUT2D eigenvalue weighted by molar-refractivity contribution is 7.92. The van der Waals surface area contributed by atoms with E-state index in [2.05, 4.69) is 20.0 Å². The minimum atomic E-state index is -3.37. The topological polar surface area (TPSA) is 104 Å². The summed E-state index contributed by atoms with van der Waals surface area (Å²) in [6.45, 7) is 1.82. The van der Waals surface area contributed by atoms with Gasteiger partial charge in [0.25, 0.3) is 0 Å². The van der Waals surface area contributed by atoms with E-state index in [-0.39, 0.29) is 5.75 Å². The van der Waals surface area contributed by atoms with E-state index in [4.69, 9.17) is 0 Å². The molecule has 0 amide bonds. The van der Waals surface area contributed by atoms with Gasteiger partial charge in [0.2, 0.25) is 10.0 Å². The molecule has 0 saturated heterocycles. The van der Waals surface area contributed by atoms with Crippen molar-refractivity contribution in [3.63, 3.8) is 0 Å². The number of sulfonamides is 1. The third kappa shape index (κ3) is 4.28. The number of para-hydroxylation sites is 1. The average molecular weight is 370 g/mol. The van der Waals surface area contributed by atoms with Crippen molar-refractivity contribution in [1.82, 2.24) is 9.97 Å². The lowest BCUT2D eigenvalue weighted by Crippen LogP contribution is -2.10. The zero-order valence-corrected chi connectivity index (χ0v) is 15.1. The predicted molar refractivity (Wildman–Crippen MR) is 102 cm³/mol. The number of phenolic OH excluding ortho intramolecular Hbond substituents is 1. The van der Waals surface area contributed by atoms with E-state index in [1.165, 1.54) is 6.33 Å². The molecule has 3 aromatic rings. The molecule has 0 radical (unpaired) electrons. The summed E-state index contributed by atoms with van der Waals surface area (Å²) in [6.07, 6.45) is 2.50. The van der Waals surface area contributed by atoms with Crippen LogP contribution in [0.1, 0.15) is 5.56 Å². The van der Waals surface area contributed by atoms with Gasteiger partial charge in [-0.3, -0.25) is 4.72 Å². The molecule has 0 saturated carbocycles. The van der Waals surface area contributed by atoms with Crippen LogP contribution >= 0.6 is 0 Å². The maximum Gasteiger partial charge on any atom is 0.229 e. The Morgan fingerprint density at radius 3 is 2.54 bits per heavy atom. The van der Waals surface area contributed by atoms with Crippen molar-refractivity contribution in [2.75, 3.05) is 16.3 Å². The second-order valence-electron chi connectivity index (χ2n) is 5.83. The second kappa shape index (κ2) is 7.01. The zero-order valence-electron chi connectivity index (χ0n) is 14.3. The van der Waals surface area contributed by atoms with E-state index in [1.54, 1.807) is 36.4 Å². The standard InChI is InChI=1S/C18H18N4O3S/c1-12-7-8-13(9-15(12)22-26(2,24)25)21-18-10-16(19-11-20-18)14-5-3-4-6-17(14)23/h3-11,22-23H,1-2H3,(H,19,20,21). The molecule has 1 aromatic heterocycles. The van der Waals surface area contributed by atoms with Gasteiger partial charge in [-0.1, -0.05) is 18.2 Å². The number of hydrogen-bond donors (Lipinski definition) is 3. The Bertz CT molecular complexity index is 1050. The van der Waals surface area contributed by atoms with E-state index < -0.39 is 10.0 Å². The molecular formula is C18H18N4O3S. The van der Waals surface area contributed by atoms with Crippen molar-refractivity contribution in [2.45, 2.75) is 6.92 Å². The first kappa shape index (κ1) is 17.7. The van der Waals surface area contributed by atoms with Crippen LogP contribution in [0, 0.1) is 6.92 Å². The van der Waals surface area contributed by atoms with Gasteiger partial charge in [-0.15, -0.1) is 0 Å². The number of hydrogen-bond acceptors (Lipinski definition) is 6. The Balaban J connectivity index is 1.89. The molecule has 3 N–H and O–H groups in total. The van der Waals surface area contributed by atoms with Gasteiger partial charge in [0.15, 0.2) is 0 Å². The van der Waals surface area contributed by atoms with Gasteiger partial charge in [0.05, 0.1) is 17.6 Å². The van der Waals surface area contributed by atoms with Gasteiger partial charge in [-0.05, 0) is 36.8 Å². The SMILES string of the molecule is Cc1ccc(Nc2cc(-c3ccccc3O)ncn2)cc1NS(C)(=O)=O. The number of anilines is 3. The van der Waals surface area contributed by atoms with E-state index in [0.29, 0.717) is 28.5 Å². The van der Waals surface area contributed by atoms with Gasteiger partial charge < -0.3 is 10.4 Å². The Morgan fingerprint density at radius 1 is 1.04 bits per heavy atom. The Morgan fingerprint density at radius 2 is 1.81 bits per heavy atom. The Labute approximate surface area is 151 Å². The Kier molecular flexibility index (Phi) is 4.77. The largest absolute Gasteiger partial charge is 0.507 e.